The predicted molar refractivity (Wildman–Crippen MR) is 163 cm³/mol. The lowest BCUT2D eigenvalue weighted by Crippen LogP contribution is -2.59. The Balaban J connectivity index is 1.06. The van der Waals surface area contributed by atoms with Crippen LogP contribution in [0.3, 0.4) is 0 Å². The molecular weight excluding hydrogens is 566 g/mol. The molecule has 10 nitrogen and oxygen atoms in total. The summed E-state index contributed by atoms with van der Waals surface area (Å²) in [6, 6.07) is 15.7. The standard InChI is InChI=1S/C32H29N5O5S/c38-29(23-3-1-13-34-28(23)36-18-32(19-36)10-15-42-16-11-32)35-22-7-5-20(6-8-22)30(39)37-14-9-21-17-25(31(40)41)43-27(21)26-24(37)4-2-12-33-26/h1-8,12-13,17H,9-11,14-16,18-19H2,(H,35,38)(H,40,41). The summed E-state index contributed by atoms with van der Waals surface area (Å²) >= 11 is 1.18. The van der Waals surface area contributed by atoms with Gasteiger partial charge in [-0.15, -0.1) is 11.3 Å². The van der Waals surface area contributed by atoms with Crippen molar-refractivity contribution in [2.24, 2.45) is 5.41 Å². The van der Waals surface area contributed by atoms with Crippen LogP contribution in [0.1, 0.15) is 48.8 Å². The fourth-order valence-corrected chi connectivity index (χ4v) is 7.24. The molecule has 11 heteroatoms. The number of hydrogen-bond donors (Lipinski definition) is 2. The molecule has 0 atom stereocenters. The molecule has 2 saturated heterocycles. The zero-order valence-electron chi connectivity index (χ0n) is 23.3. The van der Waals surface area contributed by atoms with Gasteiger partial charge in [0.25, 0.3) is 11.8 Å². The monoisotopic (exact) mass is 595 g/mol. The highest BCUT2D eigenvalue weighted by Gasteiger charge is 2.45. The van der Waals surface area contributed by atoms with E-state index in [0.717, 1.165) is 49.6 Å². The first kappa shape index (κ1) is 27.2. The number of aromatic carboxylic acids is 1. The minimum absolute atomic E-state index is 0.199. The van der Waals surface area contributed by atoms with Crippen LogP contribution in [0.15, 0.2) is 67.0 Å². The van der Waals surface area contributed by atoms with Gasteiger partial charge in [-0.1, -0.05) is 0 Å². The molecule has 218 valence electrons. The Bertz CT molecular complexity index is 1720. The van der Waals surface area contributed by atoms with Gasteiger partial charge in [0.1, 0.15) is 16.4 Å². The first-order valence-electron chi connectivity index (χ1n) is 14.2. The van der Waals surface area contributed by atoms with E-state index < -0.39 is 5.97 Å². The summed E-state index contributed by atoms with van der Waals surface area (Å²) in [4.78, 5) is 52.5. The number of nitrogens with one attached hydrogen (secondary N) is 1. The molecule has 1 aromatic carbocycles. The van der Waals surface area contributed by atoms with Crippen molar-refractivity contribution in [1.82, 2.24) is 9.97 Å². The van der Waals surface area contributed by atoms with Gasteiger partial charge in [-0.2, -0.15) is 0 Å². The number of anilines is 3. The topological polar surface area (TPSA) is 125 Å². The van der Waals surface area contributed by atoms with Crippen molar-refractivity contribution in [3.05, 3.63) is 88.6 Å². The van der Waals surface area contributed by atoms with Crippen LogP contribution in [0.5, 0.6) is 0 Å². The van der Waals surface area contributed by atoms with E-state index in [1.807, 2.05) is 6.07 Å². The highest BCUT2D eigenvalue weighted by atomic mass is 32.1. The smallest absolute Gasteiger partial charge is 0.345 e. The first-order valence-corrected chi connectivity index (χ1v) is 15.0. The number of carbonyl (C=O) groups is 3. The summed E-state index contributed by atoms with van der Waals surface area (Å²) in [5, 5.41) is 12.4. The average molecular weight is 596 g/mol. The van der Waals surface area contributed by atoms with Crippen LogP contribution >= 0.6 is 11.3 Å². The Kier molecular flexibility index (Phi) is 6.91. The van der Waals surface area contributed by atoms with E-state index in [2.05, 4.69) is 20.2 Å². The number of pyridine rings is 2. The predicted octanol–water partition coefficient (Wildman–Crippen LogP) is 4.98. The lowest BCUT2D eigenvalue weighted by Gasteiger charge is -2.53. The second-order valence-corrected chi connectivity index (χ2v) is 12.3. The number of hydrogen-bond acceptors (Lipinski definition) is 8. The molecule has 3 aliphatic heterocycles. The molecule has 0 saturated carbocycles. The molecule has 0 bridgehead atoms. The molecule has 3 aromatic heterocycles. The number of aromatic nitrogens is 2. The minimum atomic E-state index is -0.973. The normalized spacial score (nSPS) is 16.9. The van der Waals surface area contributed by atoms with E-state index >= 15 is 0 Å². The number of benzene rings is 1. The van der Waals surface area contributed by atoms with Crippen LogP contribution in [-0.4, -0.2) is 65.7 Å². The Morgan fingerprint density at radius 1 is 0.977 bits per heavy atom. The quantitative estimate of drug-likeness (QED) is 0.331. The fraction of sp³-hybridized carbons (Fsp3) is 0.281. The summed E-state index contributed by atoms with van der Waals surface area (Å²) < 4.78 is 5.53. The SMILES string of the molecule is O=C(O)c1cc2c(s1)-c1ncccc1N(C(=O)c1ccc(NC(=O)c3cccnc3N3CC4(CCOCC4)C3)cc1)CC2. The van der Waals surface area contributed by atoms with Crippen LogP contribution in [0.25, 0.3) is 10.6 Å². The summed E-state index contributed by atoms with van der Waals surface area (Å²) in [5.41, 5.74) is 3.91. The second kappa shape index (κ2) is 10.9. The van der Waals surface area contributed by atoms with Crippen molar-refractivity contribution in [2.75, 3.05) is 48.0 Å². The lowest BCUT2D eigenvalue weighted by molar-refractivity contribution is -0.000511. The third kappa shape index (κ3) is 5.04. The number of nitrogens with zero attached hydrogens (tertiary/aromatic N) is 4. The van der Waals surface area contributed by atoms with Crippen molar-refractivity contribution in [3.8, 4) is 10.6 Å². The molecule has 3 aliphatic rings. The first-order chi connectivity index (χ1) is 20.9. The summed E-state index contributed by atoms with van der Waals surface area (Å²) in [6.45, 7) is 3.69. The maximum Gasteiger partial charge on any atom is 0.345 e. The van der Waals surface area contributed by atoms with E-state index in [4.69, 9.17) is 4.74 Å². The zero-order valence-corrected chi connectivity index (χ0v) is 24.1. The Labute approximate surface area is 252 Å². The van der Waals surface area contributed by atoms with Crippen molar-refractivity contribution in [1.29, 1.82) is 0 Å². The number of carbonyl (C=O) groups excluding carboxylic acids is 2. The molecule has 0 unspecified atom stereocenters. The second-order valence-electron chi connectivity index (χ2n) is 11.2. The maximum atomic E-state index is 13.7. The third-order valence-electron chi connectivity index (χ3n) is 8.49. The molecular formula is C32H29N5O5S. The number of ether oxygens (including phenoxy) is 1. The van der Waals surface area contributed by atoms with E-state index in [1.54, 1.807) is 65.8 Å². The molecule has 1 spiro atoms. The van der Waals surface area contributed by atoms with Crippen molar-refractivity contribution in [3.63, 3.8) is 0 Å². The van der Waals surface area contributed by atoms with Crippen LogP contribution in [0.4, 0.5) is 17.2 Å². The highest BCUT2D eigenvalue weighted by Crippen LogP contribution is 2.43. The van der Waals surface area contributed by atoms with Gasteiger partial charge in [0.15, 0.2) is 0 Å². The number of rotatable bonds is 5. The highest BCUT2D eigenvalue weighted by molar-refractivity contribution is 7.17. The fourth-order valence-electron chi connectivity index (χ4n) is 6.18. The molecule has 0 radical (unpaired) electrons. The van der Waals surface area contributed by atoms with Gasteiger partial charge in [0.2, 0.25) is 0 Å². The van der Waals surface area contributed by atoms with Crippen LogP contribution in [0, 0.1) is 5.41 Å². The minimum Gasteiger partial charge on any atom is -0.477 e. The zero-order chi connectivity index (χ0) is 29.6. The van der Waals surface area contributed by atoms with Gasteiger partial charge in [-0.25, -0.2) is 9.78 Å². The van der Waals surface area contributed by atoms with Gasteiger partial charge in [-0.05, 0) is 79.4 Å². The van der Waals surface area contributed by atoms with E-state index in [0.29, 0.717) is 47.0 Å². The summed E-state index contributed by atoms with van der Waals surface area (Å²) in [5.74, 6) is -0.745. The Morgan fingerprint density at radius 2 is 1.72 bits per heavy atom. The molecule has 2 N–H and O–H groups in total. The van der Waals surface area contributed by atoms with Crippen LogP contribution in [-0.2, 0) is 11.2 Å². The molecule has 7 rings (SSSR count). The number of carboxylic acids is 1. The van der Waals surface area contributed by atoms with Gasteiger partial charge >= 0.3 is 5.97 Å². The number of fused-ring (bicyclic) bond motifs is 3. The van der Waals surface area contributed by atoms with E-state index in [-0.39, 0.29) is 22.1 Å². The van der Waals surface area contributed by atoms with Gasteiger partial charge in [0, 0.05) is 61.9 Å². The lowest BCUT2D eigenvalue weighted by atomic mass is 9.73. The van der Waals surface area contributed by atoms with Crippen LogP contribution in [0.2, 0.25) is 0 Å². The van der Waals surface area contributed by atoms with Gasteiger partial charge in [-0.3, -0.25) is 14.6 Å². The van der Waals surface area contributed by atoms with Crippen LogP contribution < -0.4 is 15.1 Å². The number of carboxylic acid groups (broad SMARTS) is 1. The van der Waals surface area contributed by atoms with Crippen molar-refractivity contribution >= 4 is 46.3 Å². The maximum absolute atomic E-state index is 13.7. The van der Waals surface area contributed by atoms with Gasteiger partial charge in [0.05, 0.1) is 16.1 Å². The largest absolute Gasteiger partial charge is 0.477 e. The summed E-state index contributed by atoms with van der Waals surface area (Å²) in [7, 11) is 0. The molecule has 4 aromatic rings. The van der Waals surface area contributed by atoms with Crippen molar-refractivity contribution < 1.29 is 24.2 Å². The van der Waals surface area contributed by atoms with E-state index in [9.17, 15) is 19.5 Å². The number of thiophene rings is 1. The van der Waals surface area contributed by atoms with E-state index in [1.165, 1.54) is 11.3 Å². The number of amides is 2. The Morgan fingerprint density at radius 3 is 2.49 bits per heavy atom. The van der Waals surface area contributed by atoms with Gasteiger partial charge < -0.3 is 25.0 Å². The average Bonchev–Trinajstić information content (AvgIpc) is 3.39. The molecule has 6 heterocycles. The molecule has 2 fully saturated rings. The summed E-state index contributed by atoms with van der Waals surface area (Å²) in [6.07, 6.45) is 5.93. The molecule has 0 aliphatic carbocycles. The Hall–Kier alpha value is -4.61. The molecule has 2 amide bonds. The third-order valence-corrected chi connectivity index (χ3v) is 9.66. The van der Waals surface area contributed by atoms with Crippen molar-refractivity contribution in [2.45, 2.75) is 19.3 Å². The molecule has 43 heavy (non-hydrogen) atoms.